The highest BCUT2D eigenvalue weighted by Gasteiger charge is 1.99. The Kier molecular flexibility index (Phi) is 5.38. The molecule has 20 heavy (non-hydrogen) atoms. The molecule has 1 aromatic carbocycles. The Morgan fingerprint density at radius 2 is 2.20 bits per heavy atom. The third-order valence-electron chi connectivity index (χ3n) is 2.46. The van der Waals surface area contributed by atoms with Crippen LogP contribution in [0.2, 0.25) is 0 Å². The first kappa shape index (κ1) is 14.8. The molecule has 0 saturated carbocycles. The summed E-state index contributed by atoms with van der Waals surface area (Å²) in [5, 5.41) is 9.57. The SMILES string of the molecule is O=C(O)C=Cc1cccc(CSc2ccc(Br)cn2)c1. The maximum Gasteiger partial charge on any atom is 0.328 e. The molecule has 0 atom stereocenters. The maximum atomic E-state index is 10.5. The molecule has 1 heterocycles. The van der Waals surface area contributed by atoms with Crippen molar-refractivity contribution in [1.29, 1.82) is 0 Å². The molecule has 1 N–H and O–H groups in total. The summed E-state index contributed by atoms with van der Waals surface area (Å²) in [4.78, 5) is 14.8. The largest absolute Gasteiger partial charge is 0.478 e. The quantitative estimate of drug-likeness (QED) is 0.648. The minimum absolute atomic E-state index is 0.795. The number of carboxylic acid groups (broad SMARTS) is 1. The lowest BCUT2D eigenvalue weighted by Gasteiger charge is -2.03. The predicted molar refractivity (Wildman–Crippen MR) is 84.6 cm³/mol. The van der Waals surface area contributed by atoms with Crippen LogP contribution in [0.25, 0.3) is 6.08 Å². The van der Waals surface area contributed by atoms with E-state index in [4.69, 9.17) is 5.11 Å². The minimum atomic E-state index is -0.941. The molecular formula is C15H12BrNO2S. The molecule has 0 aliphatic heterocycles. The molecule has 0 fully saturated rings. The number of halogens is 1. The van der Waals surface area contributed by atoms with Crippen LogP contribution in [0.5, 0.6) is 0 Å². The highest BCUT2D eigenvalue weighted by Crippen LogP contribution is 2.22. The van der Waals surface area contributed by atoms with Crippen molar-refractivity contribution in [3.05, 3.63) is 64.3 Å². The van der Waals surface area contributed by atoms with E-state index in [0.717, 1.165) is 32.5 Å². The molecule has 3 nitrogen and oxygen atoms in total. The van der Waals surface area contributed by atoms with Crippen molar-refractivity contribution in [2.75, 3.05) is 0 Å². The highest BCUT2D eigenvalue weighted by molar-refractivity contribution is 9.10. The van der Waals surface area contributed by atoms with Crippen LogP contribution in [0.15, 0.2) is 58.2 Å². The molecule has 5 heteroatoms. The Morgan fingerprint density at radius 1 is 1.35 bits per heavy atom. The molecule has 0 spiro atoms. The van der Waals surface area contributed by atoms with Gasteiger partial charge in [0.1, 0.15) is 0 Å². The zero-order valence-electron chi connectivity index (χ0n) is 10.5. The lowest BCUT2D eigenvalue weighted by Crippen LogP contribution is -1.87. The number of aliphatic carboxylic acids is 1. The van der Waals surface area contributed by atoms with Crippen LogP contribution >= 0.6 is 27.7 Å². The number of nitrogens with zero attached hydrogens (tertiary/aromatic N) is 1. The van der Waals surface area contributed by atoms with Gasteiger partial charge in [0.05, 0.1) is 5.03 Å². The molecule has 0 saturated heterocycles. The first-order valence-corrected chi connectivity index (χ1v) is 7.65. The number of benzene rings is 1. The van der Waals surface area contributed by atoms with Gasteiger partial charge in [-0.25, -0.2) is 9.78 Å². The third-order valence-corrected chi connectivity index (χ3v) is 3.94. The van der Waals surface area contributed by atoms with E-state index in [1.807, 2.05) is 36.4 Å². The Morgan fingerprint density at radius 3 is 2.90 bits per heavy atom. The molecule has 0 aliphatic carbocycles. The zero-order chi connectivity index (χ0) is 14.4. The summed E-state index contributed by atoms with van der Waals surface area (Å²) in [7, 11) is 0. The standard InChI is InChI=1S/C15H12BrNO2S/c16-13-5-6-14(17-9-13)20-10-12-3-1-2-11(8-12)4-7-15(18)19/h1-9H,10H2,(H,18,19). The molecular weight excluding hydrogens is 338 g/mol. The number of pyridine rings is 1. The summed E-state index contributed by atoms with van der Waals surface area (Å²) in [6.07, 6.45) is 4.51. The van der Waals surface area contributed by atoms with Gasteiger partial charge in [0.15, 0.2) is 0 Å². The van der Waals surface area contributed by atoms with Crippen LogP contribution in [0.1, 0.15) is 11.1 Å². The Labute approximate surface area is 129 Å². The summed E-state index contributed by atoms with van der Waals surface area (Å²) in [5.41, 5.74) is 2.02. The van der Waals surface area contributed by atoms with E-state index in [1.54, 1.807) is 24.0 Å². The van der Waals surface area contributed by atoms with Crippen molar-refractivity contribution in [3.8, 4) is 0 Å². The number of carboxylic acids is 1. The van der Waals surface area contributed by atoms with Crippen molar-refractivity contribution < 1.29 is 9.90 Å². The fourth-order valence-corrected chi connectivity index (χ4v) is 2.58. The molecule has 102 valence electrons. The molecule has 0 amide bonds. The van der Waals surface area contributed by atoms with E-state index in [2.05, 4.69) is 20.9 Å². The van der Waals surface area contributed by atoms with Gasteiger partial charge in [-0.3, -0.25) is 0 Å². The van der Waals surface area contributed by atoms with Gasteiger partial charge in [-0.05, 0) is 45.3 Å². The number of aromatic nitrogens is 1. The lowest BCUT2D eigenvalue weighted by atomic mass is 10.1. The van der Waals surface area contributed by atoms with Crippen molar-refractivity contribution in [2.45, 2.75) is 10.8 Å². The second-order valence-electron chi connectivity index (χ2n) is 4.02. The first-order valence-electron chi connectivity index (χ1n) is 5.88. The van der Waals surface area contributed by atoms with E-state index in [-0.39, 0.29) is 0 Å². The Bertz CT molecular complexity index is 626. The van der Waals surface area contributed by atoms with Gasteiger partial charge < -0.3 is 5.11 Å². The molecule has 2 rings (SSSR count). The normalized spacial score (nSPS) is 10.8. The highest BCUT2D eigenvalue weighted by atomic mass is 79.9. The summed E-state index contributed by atoms with van der Waals surface area (Å²) in [5.74, 6) is -0.146. The van der Waals surface area contributed by atoms with Gasteiger partial charge in [-0.15, -0.1) is 11.8 Å². The smallest absolute Gasteiger partial charge is 0.328 e. The fourth-order valence-electron chi connectivity index (χ4n) is 1.56. The average Bonchev–Trinajstić information content (AvgIpc) is 2.45. The minimum Gasteiger partial charge on any atom is -0.478 e. The van der Waals surface area contributed by atoms with Crippen molar-refractivity contribution in [3.63, 3.8) is 0 Å². The van der Waals surface area contributed by atoms with Crippen LogP contribution in [-0.2, 0) is 10.5 Å². The van der Waals surface area contributed by atoms with E-state index in [9.17, 15) is 4.79 Å². The van der Waals surface area contributed by atoms with Gasteiger partial charge in [0.2, 0.25) is 0 Å². The van der Waals surface area contributed by atoms with E-state index >= 15 is 0 Å². The van der Waals surface area contributed by atoms with E-state index in [0.29, 0.717) is 0 Å². The number of carbonyl (C=O) groups is 1. The summed E-state index contributed by atoms with van der Waals surface area (Å²) < 4.78 is 0.961. The molecule has 0 bridgehead atoms. The second-order valence-corrected chi connectivity index (χ2v) is 5.93. The predicted octanol–water partition coefficient (Wildman–Crippen LogP) is 4.23. The van der Waals surface area contributed by atoms with Gasteiger partial charge in [-0.1, -0.05) is 24.3 Å². The molecule has 0 aliphatic rings. The van der Waals surface area contributed by atoms with Crippen LogP contribution in [0.4, 0.5) is 0 Å². The lowest BCUT2D eigenvalue weighted by molar-refractivity contribution is -0.131. The van der Waals surface area contributed by atoms with Crippen LogP contribution < -0.4 is 0 Å². The number of hydrogen-bond acceptors (Lipinski definition) is 3. The van der Waals surface area contributed by atoms with Gasteiger partial charge >= 0.3 is 5.97 Å². The van der Waals surface area contributed by atoms with Crippen molar-refractivity contribution in [1.82, 2.24) is 4.98 Å². The first-order chi connectivity index (χ1) is 9.63. The maximum absolute atomic E-state index is 10.5. The molecule has 0 radical (unpaired) electrons. The van der Waals surface area contributed by atoms with Crippen molar-refractivity contribution in [2.24, 2.45) is 0 Å². The van der Waals surface area contributed by atoms with E-state index < -0.39 is 5.97 Å². The fraction of sp³-hybridized carbons (Fsp3) is 0.0667. The summed E-state index contributed by atoms with van der Waals surface area (Å²) >= 11 is 5.00. The van der Waals surface area contributed by atoms with E-state index in [1.165, 1.54) is 0 Å². The topological polar surface area (TPSA) is 50.2 Å². The molecule has 0 unspecified atom stereocenters. The van der Waals surface area contributed by atoms with Gasteiger partial charge in [0.25, 0.3) is 0 Å². The monoisotopic (exact) mass is 349 g/mol. The second kappa shape index (κ2) is 7.26. The van der Waals surface area contributed by atoms with Crippen LogP contribution in [0, 0.1) is 0 Å². The number of rotatable bonds is 5. The molecule has 2 aromatic rings. The zero-order valence-corrected chi connectivity index (χ0v) is 12.9. The summed E-state index contributed by atoms with van der Waals surface area (Å²) in [6, 6.07) is 11.7. The van der Waals surface area contributed by atoms with Crippen LogP contribution in [0.3, 0.4) is 0 Å². The van der Waals surface area contributed by atoms with Crippen LogP contribution in [-0.4, -0.2) is 16.1 Å². The Balaban J connectivity index is 2.01. The van der Waals surface area contributed by atoms with Gasteiger partial charge in [-0.2, -0.15) is 0 Å². The number of thioether (sulfide) groups is 1. The third kappa shape index (κ3) is 4.83. The summed E-state index contributed by atoms with van der Waals surface area (Å²) in [6.45, 7) is 0. The van der Waals surface area contributed by atoms with Gasteiger partial charge in [0, 0.05) is 22.5 Å². The molecule has 1 aromatic heterocycles. The average molecular weight is 350 g/mol. The number of hydrogen-bond donors (Lipinski definition) is 1. The Hall–Kier alpha value is -1.59. The van der Waals surface area contributed by atoms with Crippen molar-refractivity contribution >= 4 is 39.7 Å².